The van der Waals surface area contributed by atoms with Crippen molar-refractivity contribution in [3.8, 4) is 0 Å². The van der Waals surface area contributed by atoms with Crippen molar-refractivity contribution in [2.24, 2.45) is 0 Å². The first-order valence-electron chi connectivity index (χ1n) is 9.91. The van der Waals surface area contributed by atoms with E-state index in [2.05, 4.69) is 5.32 Å². The van der Waals surface area contributed by atoms with E-state index in [9.17, 15) is 18.0 Å². The summed E-state index contributed by atoms with van der Waals surface area (Å²) >= 11 is 1.34. The van der Waals surface area contributed by atoms with Gasteiger partial charge >= 0.3 is 0 Å². The van der Waals surface area contributed by atoms with Crippen LogP contribution in [0.2, 0.25) is 0 Å². The van der Waals surface area contributed by atoms with Gasteiger partial charge in [-0.1, -0.05) is 30.3 Å². The van der Waals surface area contributed by atoms with E-state index in [4.69, 9.17) is 4.74 Å². The fourth-order valence-electron chi connectivity index (χ4n) is 3.45. The first-order valence-corrected chi connectivity index (χ1v) is 12.3. The number of benzene rings is 2. The number of nitrogens with zero attached hydrogens (tertiary/aromatic N) is 2. The van der Waals surface area contributed by atoms with Gasteiger partial charge in [0.25, 0.3) is 0 Å². The number of hydrogen-bond donors (Lipinski definition) is 1. The van der Waals surface area contributed by atoms with Crippen LogP contribution >= 0.6 is 11.8 Å². The summed E-state index contributed by atoms with van der Waals surface area (Å²) in [6.07, 6.45) is 0. The summed E-state index contributed by atoms with van der Waals surface area (Å²) in [6.45, 7) is 1.48. The van der Waals surface area contributed by atoms with Gasteiger partial charge in [0.15, 0.2) is 0 Å². The molecule has 2 aromatic carbocycles. The number of carbonyl (C=O) groups excluding carboxylic acids is 2. The lowest BCUT2D eigenvalue weighted by Crippen LogP contribution is -2.43. The van der Waals surface area contributed by atoms with Gasteiger partial charge in [-0.2, -0.15) is 4.31 Å². The van der Waals surface area contributed by atoms with Crippen LogP contribution < -0.4 is 10.2 Å². The van der Waals surface area contributed by atoms with Crippen molar-refractivity contribution in [1.82, 2.24) is 9.62 Å². The lowest BCUT2D eigenvalue weighted by Gasteiger charge is -2.30. The first-order chi connectivity index (χ1) is 14.9. The van der Waals surface area contributed by atoms with Gasteiger partial charge in [-0.25, -0.2) is 8.42 Å². The molecule has 31 heavy (non-hydrogen) atoms. The molecular weight excluding hydrogens is 438 g/mol. The number of ether oxygens (including phenoxy) is 1. The standard InChI is InChI=1S/C21H23N3O5S2/c25-20(22-13-16-4-2-1-3-5-16)14-24-18-12-17(6-7-19(18)30-15-21(24)26)31(27,28)23-8-10-29-11-9-23/h1-7,12H,8-11,13-15H2,(H,22,25). The minimum Gasteiger partial charge on any atom is -0.379 e. The number of hydrogen-bond acceptors (Lipinski definition) is 6. The van der Waals surface area contributed by atoms with Gasteiger partial charge in [0.05, 0.1) is 29.5 Å². The predicted molar refractivity (Wildman–Crippen MR) is 117 cm³/mol. The molecule has 1 N–H and O–H groups in total. The molecule has 0 aromatic heterocycles. The Morgan fingerprint density at radius 1 is 1.10 bits per heavy atom. The van der Waals surface area contributed by atoms with Crippen molar-refractivity contribution >= 4 is 39.3 Å². The predicted octanol–water partition coefficient (Wildman–Crippen LogP) is 1.46. The van der Waals surface area contributed by atoms with E-state index in [1.807, 2.05) is 30.3 Å². The molecule has 8 nitrogen and oxygen atoms in total. The molecule has 2 aromatic rings. The van der Waals surface area contributed by atoms with E-state index in [1.54, 1.807) is 12.1 Å². The molecule has 0 spiro atoms. The van der Waals surface area contributed by atoms with E-state index < -0.39 is 10.0 Å². The highest BCUT2D eigenvalue weighted by molar-refractivity contribution is 8.00. The first kappa shape index (κ1) is 21.8. The molecule has 0 aliphatic carbocycles. The normalized spacial score (nSPS) is 17.3. The monoisotopic (exact) mass is 461 g/mol. The quantitative estimate of drug-likeness (QED) is 0.700. The van der Waals surface area contributed by atoms with Gasteiger partial charge < -0.3 is 15.0 Å². The van der Waals surface area contributed by atoms with Crippen molar-refractivity contribution in [3.05, 3.63) is 54.1 Å². The van der Waals surface area contributed by atoms with Crippen LogP contribution in [0.4, 0.5) is 5.69 Å². The van der Waals surface area contributed by atoms with E-state index in [-0.39, 0.29) is 29.0 Å². The molecule has 1 fully saturated rings. The number of sulfonamides is 1. The number of rotatable bonds is 6. The summed E-state index contributed by atoms with van der Waals surface area (Å²) in [5.41, 5.74) is 1.40. The van der Waals surface area contributed by atoms with Gasteiger partial charge in [-0.05, 0) is 23.8 Å². The second-order valence-corrected chi connectivity index (χ2v) is 10.1. The van der Waals surface area contributed by atoms with Crippen molar-refractivity contribution in [1.29, 1.82) is 0 Å². The highest BCUT2D eigenvalue weighted by Gasteiger charge is 2.31. The summed E-state index contributed by atoms with van der Waals surface area (Å²) in [4.78, 5) is 27.3. The Morgan fingerprint density at radius 2 is 1.84 bits per heavy atom. The summed E-state index contributed by atoms with van der Waals surface area (Å²) in [7, 11) is -3.71. The second-order valence-electron chi connectivity index (χ2n) is 7.18. The largest absolute Gasteiger partial charge is 0.379 e. The molecule has 0 radical (unpaired) electrons. The van der Waals surface area contributed by atoms with Crippen LogP contribution in [0.3, 0.4) is 0 Å². The number of amides is 2. The van der Waals surface area contributed by atoms with E-state index in [1.165, 1.54) is 27.0 Å². The van der Waals surface area contributed by atoms with Crippen LogP contribution in [0, 0.1) is 0 Å². The van der Waals surface area contributed by atoms with E-state index >= 15 is 0 Å². The summed E-state index contributed by atoms with van der Waals surface area (Å²) in [6, 6.07) is 14.2. The highest BCUT2D eigenvalue weighted by atomic mass is 32.2. The van der Waals surface area contributed by atoms with Gasteiger partial charge in [0.1, 0.15) is 6.54 Å². The minimum absolute atomic E-state index is 0.109. The average Bonchev–Trinajstić information content (AvgIpc) is 2.80. The maximum absolute atomic E-state index is 13.0. The molecule has 10 heteroatoms. The third kappa shape index (κ3) is 4.93. The van der Waals surface area contributed by atoms with Crippen molar-refractivity contribution in [2.45, 2.75) is 16.3 Å². The van der Waals surface area contributed by atoms with Gasteiger partial charge in [0.2, 0.25) is 21.8 Å². The molecule has 164 valence electrons. The zero-order valence-electron chi connectivity index (χ0n) is 16.8. The van der Waals surface area contributed by atoms with Crippen molar-refractivity contribution in [3.63, 3.8) is 0 Å². The van der Waals surface area contributed by atoms with E-state index in [0.29, 0.717) is 38.5 Å². The highest BCUT2D eigenvalue weighted by Crippen LogP contribution is 2.37. The maximum Gasteiger partial charge on any atom is 0.243 e. The minimum atomic E-state index is -3.71. The third-order valence-corrected chi connectivity index (χ3v) is 8.06. The molecule has 2 amide bonds. The van der Waals surface area contributed by atoms with Crippen LogP contribution in [0.5, 0.6) is 0 Å². The number of carbonyl (C=O) groups is 2. The summed E-state index contributed by atoms with van der Waals surface area (Å²) < 4.78 is 32.7. The van der Waals surface area contributed by atoms with Gasteiger partial charge in [0, 0.05) is 24.5 Å². The number of anilines is 1. The molecule has 1 saturated heterocycles. The molecule has 2 heterocycles. The van der Waals surface area contributed by atoms with Crippen LogP contribution in [-0.2, 0) is 30.9 Å². The molecule has 2 aliphatic rings. The summed E-state index contributed by atoms with van der Waals surface area (Å²) in [5.74, 6) is -0.334. The number of thioether (sulfide) groups is 1. The van der Waals surface area contributed by atoms with Gasteiger partial charge in [-0.15, -0.1) is 11.8 Å². The Bertz CT molecular complexity index is 1070. The SMILES string of the molecule is O=C(CN1C(=O)CSc2ccc(S(=O)(=O)N3CCOCC3)cc21)NCc1ccccc1. The smallest absolute Gasteiger partial charge is 0.243 e. The van der Waals surface area contributed by atoms with Crippen LogP contribution in [-0.4, -0.2) is 63.1 Å². The molecule has 4 rings (SSSR count). The number of nitrogens with one attached hydrogen (secondary N) is 1. The zero-order valence-corrected chi connectivity index (χ0v) is 18.5. The Hall–Kier alpha value is -2.40. The fraction of sp³-hybridized carbons (Fsp3) is 0.333. The topological polar surface area (TPSA) is 96.0 Å². The lowest BCUT2D eigenvalue weighted by atomic mass is 10.2. The molecule has 0 unspecified atom stereocenters. The summed E-state index contributed by atoms with van der Waals surface area (Å²) in [5, 5.41) is 2.81. The van der Waals surface area contributed by atoms with Crippen LogP contribution in [0.1, 0.15) is 5.56 Å². The van der Waals surface area contributed by atoms with Gasteiger partial charge in [-0.3, -0.25) is 9.59 Å². The fourth-order valence-corrected chi connectivity index (χ4v) is 5.79. The molecule has 0 bridgehead atoms. The van der Waals surface area contributed by atoms with E-state index in [0.717, 1.165) is 10.5 Å². The molecule has 0 saturated carbocycles. The zero-order chi connectivity index (χ0) is 21.8. The van der Waals surface area contributed by atoms with Crippen LogP contribution in [0.25, 0.3) is 0 Å². The molecular formula is C21H23N3O5S2. The second kappa shape index (κ2) is 9.39. The Labute approximate surface area is 185 Å². The number of morpholine rings is 1. The van der Waals surface area contributed by atoms with Crippen molar-refractivity contribution in [2.75, 3.05) is 43.5 Å². The third-order valence-electron chi connectivity index (χ3n) is 5.12. The Balaban J connectivity index is 1.53. The Morgan fingerprint density at radius 3 is 2.58 bits per heavy atom. The molecule has 0 atom stereocenters. The van der Waals surface area contributed by atoms with Crippen LogP contribution in [0.15, 0.2) is 58.3 Å². The number of fused-ring (bicyclic) bond motifs is 1. The maximum atomic E-state index is 13.0. The lowest BCUT2D eigenvalue weighted by molar-refractivity contribution is -0.123. The Kier molecular flexibility index (Phi) is 6.61. The molecule has 2 aliphatic heterocycles. The average molecular weight is 462 g/mol. The van der Waals surface area contributed by atoms with Crippen molar-refractivity contribution < 1.29 is 22.7 Å².